The van der Waals surface area contributed by atoms with Crippen molar-refractivity contribution in [3.8, 4) is 0 Å². The molecule has 0 amide bonds. The molecule has 3 aromatic rings. The van der Waals surface area contributed by atoms with Crippen LogP contribution in [0.5, 0.6) is 0 Å². The van der Waals surface area contributed by atoms with Gasteiger partial charge in [-0.25, -0.2) is 9.97 Å². The van der Waals surface area contributed by atoms with E-state index in [1.807, 2.05) is 23.0 Å². The third kappa shape index (κ3) is 3.00. The number of hydrogen-bond acceptors (Lipinski definition) is 5. The van der Waals surface area contributed by atoms with Gasteiger partial charge in [0.05, 0.1) is 6.20 Å². The Hall–Kier alpha value is -2.08. The maximum Gasteiger partial charge on any atom is 0.180 e. The Labute approximate surface area is 128 Å². The summed E-state index contributed by atoms with van der Waals surface area (Å²) in [7, 11) is 2.07. The molecule has 0 aromatic carbocycles. The largest absolute Gasteiger partial charge is 0.369 e. The fraction of sp³-hybridized carbons (Fsp3) is 0.333. The molecule has 0 spiro atoms. The van der Waals surface area contributed by atoms with E-state index in [-0.39, 0.29) is 0 Å². The zero-order valence-corrected chi connectivity index (χ0v) is 13.1. The number of rotatable bonds is 6. The smallest absolute Gasteiger partial charge is 0.180 e. The second kappa shape index (κ2) is 6.13. The molecule has 0 aliphatic heterocycles. The lowest BCUT2D eigenvalue weighted by molar-refractivity contribution is 0.865. The fourth-order valence-corrected chi connectivity index (χ4v) is 2.97. The second-order valence-electron chi connectivity index (χ2n) is 4.89. The summed E-state index contributed by atoms with van der Waals surface area (Å²) in [5, 5.41) is 5.39. The number of fused-ring (bicyclic) bond motifs is 1. The van der Waals surface area contributed by atoms with Crippen molar-refractivity contribution in [2.75, 3.05) is 30.4 Å². The predicted octanol–water partition coefficient (Wildman–Crippen LogP) is 2.90. The third-order valence-electron chi connectivity index (χ3n) is 3.35. The molecule has 3 aromatic heterocycles. The topological polar surface area (TPSA) is 45.5 Å². The normalized spacial score (nSPS) is 11.0. The van der Waals surface area contributed by atoms with Crippen LogP contribution in [0.1, 0.15) is 11.8 Å². The first-order valence-corrected chi connectivity index (χ1v) is 7.97. The van der Waals surface area contributed by atoms with Crippen molar-refractivity contribution in [1.29, 1.82) is 0 Å². The van der Waals surface area contributed by atoms with Gasteiger partial charge in [-0.1, -0.05) is 6.07 Å². The molecular formula is C15H19N5S. The number of aromatic nitrogens is 3. The summed E-state index contributed by atoms with van der Waals surface area (Å²) in [5.41, 5.74) is 0.894. The maximum absolute atomic E-state index is 4.70. The minimum atomic E-state index is 0.853. The van der Waals surface area contributed by atoms with E-state index in [9.17, 15) is 0 Å². The summed E-state index contributed by atoms with van der Waals surface area (Å²) in [6, 6.07) is 4.27. The van der Waals surface area contributed by atoms with Gasteiger partial charge in [0, 0.05) is 37.4 Å². The minimum Gasteiger partial charge on any atom is -0.369 e. The van der Waals surface area contributed by atoms with Crippen molar-refractivity contribution < 1.29 is 0 Å². The van der Waals surface area contributed by atoms with Gasteiger partial charge in [0.1, 0.15) is 5.82 Å². The van der Waals surface area contributed by atoms with E-state index < -0.39 is 0 Å². The second-order valence-corrected chi connectivity index (χ2v) is 5.92. The van der Waals surface area contributed by atoms with Gasteiger partial charge in [-0.2, -0.15) is 0 Å². The molecule has 21 heavy (non-hydrogen) atoms. The fourth-order valence-electron chi connectivity index (χ4n) is 2.28. The average molecular weight is 301 g/mol. The molecule has 1 N–H and O–H groups in total. The van der Waals surface area contributed by atoms with Crippen molar-refractivity contribution in [2.24, 2.45) is 0 Å². The number of hydrogen-bond donors (Lipinski definition) is 1. The lowest BCUT2D eigenvalue weighted by Gasteiger charge is -2.19. The van der Waals surface area contributed by atoms with Crippen LogP contribution in [0.4, 0.5) is 11.6 Å². The van der Waals surface area contributed by atoms with E-state index in [2.05, 4.69) is 46.7 Å². The summed E-state index contributed by atoms with van der Waals surface area (Å²) in [6.07, 6.45) is 6.76. The van der Waals surface area contributed by atoms with Crippen LogP contribution in [-0.4, -0.2) is 34.5 Å². The van der Waals surface area contributed by atoms with Gasteiger partial charge in [0.15, 0.2) is 11.5 Å². The van der Waals surface area contributed by atoms with Crippen molar-refractivity contribution in [3.63, 3.8) is 0 Å². The molecule has 6 heteroatoms. The van der Waals surface area contributed by atoms with Crippen molar-refractivity contribution in [2.45, 2.75) is 13.3 Å². The molecule has 3 heterocycles. The molecule has 110 valence electrons. The summed E-state index contributed by atoms with van der Waals surface area (Å²) >= 11 is 1.80. The Balaban J connectivity index is 1.85. The molecule has 0 unspecified atom stereocenters. The molecule has 3 rings (SSSR count). The molecule has 0 aliphatic carbocycles. The first kappa shape index (κ1) is 13.9. The van der Waals surface area contributed by atoms with E-state index in [0.29, 0.717) is 0 Å². The summed E-state index contributed by atoms with van der Waals surface area (Å²) in [5.74, 6) is 1.79. The van der Waals surface area contributed by atoms with Crippen LogP contribution in [0.2, 0.25) is 0 Å². The zero-order chi connectivity index (χ0) is 14.7. The number of thiophene rings is 1. The molecule has 0 atom stereocenters. The van der Waals surface area contributed by atoms with E-state index in [1.54, 1.807) is 11.3 Å². The minimum absolute atomic E-state index is 0.853. The SMILES string of the molecule is CCNc1cn2ccnc2c(N(C)CCc2cccs2)n1. The first-order chi connectivity index (χ1) is 10.3. The first-order valence-electron chi connectivity index (χ1n) is 7.09. The Morgan fingerprint density at radius 1 is 1.43 bits per heavy atom. The van der Waals surface area contributed by atoms with Gasteiger partial charge in [0.25, 0.3) is 0 Å². The molecule has 0 saturated heterocycles. The highest BCUT2D eigenvalue weighted by Gasteiger charge is 2.12. The molecular weight excluding hydrogens is 282 g/mol. The quantitative estimate of drug-likeness (QED) is 0.760. The van der Waals surface area contributed by atoms with Gasteiger partial charge in [0.2, 0.25) is 0 Å². The van der Waals surface area contributed by atoms with Gasteiger partial charge in [-0.15, -0.1) is 11.3 Å². The van der Waals surface area contributed by atoms with Crippen LogP contribution in [-0.2, 0) is 6.42 Å². The Kier molecular flexibility index (Phi) is 4.06. The molecule has 0 aliphatic rings. The number of likely N-dealkylation sites (N-methyl/N-ethyl adjacent to an activating group) is 1. The maximum atomic E-state index is 4.70. The monoisotopic (exact) mass is 301 g/mol. The van der Waals surface area contributed by atoms with Gasteiger partial charge < -0.3 is 14.6 Å². The van der Waals surface area contributed by atoms with E-state index in [4.69, 9.17) is 4.98 Å². The highest BCUT2D eigenvalue weighted by atomic mass is 32.1. The van der Waals surface area contributed by atoms with E-state index >= 15 is 0 Å². The van der Waals surface area contributed by atoms with Gasteiger partial charge in [-0.3, -0.25) is 0 Å². The summed E-state index contributed by atoms with van der Waals surface area (Å²) < 4.78 is 2.02. The van der Waals surface area contributed by atoms with Crippen LogP contribution >= 0.6 is 11.3 Å². The number of nitrogens with one attached hydrogen (secondary N) is 1. The average Bonchev–Trinajstić information content (AvgIpc) is 3.15. The number of nitrogens with zero attached hydrogens (tertiary/aromatic N) is 4. The van der Waals surface area contributed by atoms with Gasteiger partial charge in [-0.05, 0) is 24.8 Å². The number of imidazole rings is 1. The van der Waals surface area contributed by atoms with Crippen molar-refractivity contribution in [1.82, 2.24) is 14.4 Å². The van der Waals surface area contributed by atoms with E-state index in [0.717, 1.165) is 36.8 Å². The van der Waals surface area contributed by atoms with Gasteiger partial charge >= 0.3 is 0 Å². The standard InChI is InChI=1S/C15H19N5S/c1-3-16-13-11-20-9-7-17-14(20)15(18-13)19(2)8-6-12-5-4-10-21-12/h4-5,7,9-11,16H,3,6,8H2,1-2H3. The van der Waals surface area contributed by atoms with Crippen LogP contribution in [0.3, 0.4) is 0 Å². The third-order valence-corrected chi connectivity index (χ3v) is 4.29. The highest BCUT2D eigenvalue weighted by Crippen LogP contribution is 2.20. The van der Waals surface area contributed by atoms with E-state index in [1.165, 1.54) is 4.88 Å². The Bertz CT molecular complexity index is 704. The lowest BCUT2D eigenvalue weighted by Crippen LogP contribution is -2.22. The Morgan fingerprint density at radius 2 is 2.33 bits per heavy atom. The highest BCUT2D eigenvalue weighted by molar-refractivity contribution is 7.09. The molecule has 5 nitrogen and oxygen atoms in total. The molecule has 0 bridgehead atoms. The molecule has 0 saturated carbocycles. The van der Waals surface area contributed by atoms with Crippen LogP contribution in [0, 0.1) is 0 Å². The summed E-state index contributed by atoms with van der Waals surface area (Å²) in [4.78, 5) is 12.7. The molecule has 0 fully saturated rings. The van der Waals surface area contributed by atoms with Crippen molar-refractivity contribution in [3.05, 3.63) is 41.0 Å². The molecule has 0 radical (unpaired) electrons. The lowest BCUT2D eigenvalue weighted by atomic mass is 10.3. The van der Waals surface area contributed by atoms with Crippen molar-refractivity contribution >= 4 is 28.6 Å². The number of anilines is 2. The van der Waals surface area contributed by atoms with Crippen LogP contribution < -0.4 is 10.2 Å². The van der Waals surface area contributed by atoms with Crippen LogP contribution in [0.25, 0.3) is 5.65 Å². The van der Waals surface area contributed by atoms with Crippen LogP contribution in [0.15, 0.2) is 36.1 Å². The zero-order valence-electron chi connectivity index (χ0n) is 12.3. The summed E-state index contributed by atoms with van der Waals surface area (Å²) in [6.45, 7) is 3.84. The predicted molar refractivity (Wildman–Crippen MR) is 88.4 cm³/mol. The Morgan fingerprint density at radius 3 is 3.10 bits per heavy atom.